The van der Waals surface area contributed by atoms with Gasteiger partial charge in [0.15, 0.2) is 0 Å². The molecular formula is C46H33N5O29S6. The molecule has 0 aliphatic carbocycles. The van der Waals surface area contributed by atoms with Crippen LogP contribution in [0.5, 0.6) is 0 Å². The van der Waals surface area contributed by atoms with Crippen LogP contribution in [0.4, 0.5) is 21.0 Å². The number of hydrogen-bond acceptors (Lipinski definition) is 26. The molecule has 0 aromatic heterocycles. The summed E-state index contributed by atoms with van der Waals surface area (Å²) in [6.07, 6.45) is -3.27. The second-order valence-electron chi connectivity index (χ2n) is 17.5. The summed E-state index contributed by atoms with van der Waals surface area (Å²) in [6.45, 7) is 0. The van der Waals surface area contributed by atoms with E-state index in [1.54, 1.807) is 18.2 Å². The van der Waals surface area contributed by atoms with Crippen LogP contribution in [0.25, 0.3) is 64.6 Å². The summed E-state index contributed by atoms with van der Waals surface area (Å²) in [5.41, 5.74) is 5.91. The predicted molar refractivity (Wildman–Crippen MR) is 284 cm³/mol. The van der Waals surface area contributed by atoms with Crippen molar-refractivity contribution in [2.24, 2.45) is 0 Å². The van der Waals surface area contributed by atoms with Crippen molar-refractivity contribution in [3.05, 3.63) is 84.9 Å². The molecule has 8 aromatic rings. The molecule has 3 aliphatic rings. The van der Waals surface area contributed by atoms with Crippen molar-refractivity contribution in [2.45, 2.75) is 58.1 Å². The molecule has 0 radical (unpaired) electrons. The average Bonchev–Trinajstić information content (AvgIpc) is 0.891. The number of imide groups is 3. The molecule has 0 unspecified atom stereocenters. The molecule has 3 saturated heterocycles. The number of nitrogens with one attached hydrogen (secondary N) is 1. The number of rotatable bonds is 8. The Labute approximate surface area is 482 Å². The number of carbonyl (C=O) groups excluding carboxylic acids is 8. The maximum Gasteiger partial charge on any atom is 0.560 e. The molecule has 0 atom stereocenters. The Morgan fingerprint density at radius 3 is 1.03 bits per heavy atom. The van der Waals surface area contributed by atoms with Crippen molar-refractivity contribution < 1.29 is 130 Å². The Balaban J connectivity index is 0.000000181. The maximum absolute atomic E-state index is 12.5. The summed E-state index contributed by atoms with van der Waals surface area (Å²) in [5, 5.41) is 6.81. The molecule has 11 rings (SSSR count). The van der Waals surface area contributed by atoms with Gasteiger partial charge in [0.2, 0.25) is 0 Å². The van der Waals surface area contributed by atoms with Gasteiger partial charge in [0.1, 0.15) is 19.6 Å². The number of hydrogen-bond donors (Lipinski definition) is 6. The first-order valence-corrected chi connectivity index (χ1v) is 30.8. The van der Waals surface area contributed by atoms with E-state index in [1.807, 2.05) is 0 Å². The van der Waals surface area contributed by atoms with E-state index in [0.29, 0.717) is 32.0 Å². The molecule has 86 heavy (non-hydrogen) atoms. The molecule has 3 fully saturated rings. The Morgan fingerprint density at radius 1 is 0.407 bits per heavy atom. The van der Waals surface area contributed by atoms with Crippen molar-refractivity contribution in [3.8, 4) is 0 Å². The summed E-state index contributed by atoms with van der Waals surface area (Å²) in [5.74, 6) is -4.19. The summed E-state index contributed by atoms with van der Waals surface area (Å²) in [6, 6.07) is 19.4. The van der Waals surface area contributed by atoms with Gasteiger partial charge in [-0.25, -0.2) is 4.79 Å². The Hall–Kier alpha value is -9.52. The highest BCUT2D eigenvalue weighted by molar-refractivity contribution is 7.87. The number of carbonyl (C=O) groups is 8. The fraction of sp³-hybridized carbons (Fsp3) is 0.130. The zero-order valence-corrected chi connectivity index (χ0v) is 47.1. The van der Waals surface area contributed by atoms with Crippen molar-refractivity contribution in [1.82, 2.24) is 15.2 Å². The van der Waals surface area contributed by atoms with Gasteiger partial charge in [0, 0.05) is 87.3 Å². The number of anilines is 2. The number of benzene rings is 8. The predicted octanol–water partition coefficient (Wildman–Crippen LogP) is 2.61. The lowest BCUT2D eigenvalue weighted by molar-refractivity contribution is -0.198. The first-order valence-electron chi connectivity index (χ1n) is 23.0. The zero-order valence-electron chi connectivity index (χ0n) is 42.2. The second-order valence-corrected chi connectivity index (χ2v) is 23.9. The van der Waals surface area contributed by atoms with Gasteiger partial charge >= 0.3 is 33.5 Å². The first-order chi connectivity index (χ1) is 39.9. The van der Waals surface area contributed by atoms with Crippen LogP contribution in [0.3, 0.4) is 0 Å². The lowest BCUT2D eigenvalue weighted by atomic mass is 9.93. The van der Waals surface area contributed by atoms with Crippen LogP contribution in [-0.2, 0) is 105 Å². The van der Waals surface area contributed by atoms with Gasteiger partial charge in [-0.1, -0.05) is 70.8 Å². The number of hydroxylamine groups is 6. The summed E-state index contributed by atoms with van der Waals surface area (Å²) >= 11 is 0. The van der Waals surface area contributed by atoms with Crippen LogP contribution < -0.4 is 11.1 Å². The van der Waals surface area contributed by atoms with Crippen molar-refractivity contribution in [3.63, 3.8) is 0 Å². The standard InChI is InChI=1S/C21H14N2O10S2.C16H11NO6S2.C9H8N2O7.2O3S/c24-17-7-8-18(25)23(17)33-21(26)22-14-9-16(35(30,31)32)13-5-4-12-15(34(27,28)29)6-2-10-1-3-11(14)20(13)19(10)12;17-12-7-14(25(21,22)23)11-5-4-10-13(24(18,19)20)6-2-8-1-3-9(12)16(11)15(8)10;12-5-1-2-6(13)10(5)17-9(16)18-11-7(14)3-4-8(11)15;2*1-4(2)3/h1-6,9H,7-8H2,(H,22,26)(H,27,28,29)(H,30,31,32);1-7H,17H2,(H,18,19,20)(H,21,22,23);1-4H2;;. The number of nitrogens with zero attached hydrogens (tertiary/aromatic N) is 3. The first kappa shape index (κ1) is 64.0. The highest BCUT2D eigenvalue weighted by atomic mass is 32.2. The van der Waals surface area contributed by atoms with Crippen LogP contribution in [-0.4, -0.2) is 140 Å². The highest BCUT2D eigenvalue weighted by Gasteiger charge is 2.38. The monoisotopic (exact) mass is 1310 g/mol. The molecule has 0 saturated carbocycles. The third-order valence-electron chi connectivity index (χ3n) is 12.3. The van der Waals surface area contributed by atoms with E-state index in [2.05, 4.69) is 15.0 Å². The SMILES string of the molecule is Nc1cc(S(=O)(=O)O)c2ccc3c(S(=O)(=O)O)ccc4ccc1c2c43.O=C(Nc1cc(S(=O)(=O)O)c2ccc3c(S(=O)(=O)O)ccc4ccc1c2c43)ON1C(=O)CCC1=O.O=C(ON1C(=O)CCC1=O)ON1C(=O)CCC1=O.O=S(=O)=O.O=S(=O)=O. The molecule has 452 valence electrons. The normalized spacial score (nSPS) is 14.6. The lowest BCUT2D eigenvalue weighted by Gasteiger charge is -2.18. The minimum Gasteiger partial charge on any atom is -0.398 e. The van der Waals surface area contributed by atoms with Crippen LogP contribution in [0.2, 0.25) is 0 Å². The van der Waals surface area contributed by atoms with Crippen LogP contribution in [0, 0.1) is 0 Å². The van der Waals surface area contributed by atoms with Crippen molar-refractivity contribution in [1.29, 1.82) is 0 Å². The van der Waals surface area contributed by atoms with Crippen molar-refractivity contribution in [2.75, 3.05) is 11.1 Å². The van der Waals surface area contributed by atoms with E-state index < -0.39 is 119 Å². The van der Waals surface area contributed by atoms with Gasteiger partial charge in [0.05, 0.1) is 5.69 Å². The third kappa shape index (κ3) is 13.7. The zero-order chi connectivity index (χ0) is 63.9. The van der Waals surface area contributed by atoms with Crippen LogP contribution >= 0.6 is 0 Å². The molecule has 7 amide bonds. The van der Waals surface area contributed by atoms with Gasteiger partial charge in [-0.2, -0.15) is 38.5 Å². The number of amides is 7. The van der Waals surface area contributed by atoms with E-state index in [-0.39, 0.29) is 108 Å². The molecule has 0 bridgehead atoms. The molecular weight excluding hydrogens is 1280 g/mol. The summed E-state index contributed by atoms with van der Waals surface area (Å²) in [4.78, 5) is 103. The largest absolute Gasteiger partial charge is 0.560 e. The number of nitrogens with two attached hydrogens (primary N) is 1. The highest BCUT2D eigenvalue weighted by Crippen LogP contribution is 2.44. The molecule has 3 heterocycles. The van der Waals surface area contributed by atoms with Gasteiger partial charge in [-0.05, 0) is 45.8 Å². The molecule has 0 spiro atoms. The van der Waals surface area contributed by atoms with E-state index in [4.69, 9.17) is 35.8 Å². The quantitative estimate of drug-likeness (QED) is 0.0551. The molecule has 3 aliphatic heterocycles. The minimum absolute atomic E-state index is 0.0249. The Bertz CT molecular complexity index is 4880. The van der Waals surface area contributed by atoms with Crippen molar-refractivity contribution >= 4 is 185 Å². The average molecular weight is 1310 g/mol. The van der Waals surface area contributed by atoms with E-state index in [0.717, 1.165) is 6.07 Å². The molecule has 7 N–H and O–H groups in total. The summed E-state index contributed by atoms with van der Waals surface area (Å²) in [7, 11) is -24.7. The maximum atomic E-state index is 12.5. The van der Waals surface area contributed by atoms with Gasteiger partial charge in [-0.15, -0.1) is 30.3 Å². The Kier molecular flexibility index (Phi) is 18.0. The van der Waals surface area contributed by atoms with Gasteiger partial charge in [0.25, 0.3) is 75.9 Å². The third-order valence-corrected chi connectivity index (χ3v) is 15.9. The smallest absolute Gasteiger partial charge is 0.398 e. The second kappa shape index (κ2) is 24.2. The lowest BCUT2D eigenvalue weighted by Crippen LogP contribution is -2.37. The topological polar surface area (TPSA) is 532 Å². The molecule has 40 heteroatoms. The molecule has 8 aromatic carbocycles. The fourth-order valence-electron chi connectivity index (χ4n) is 9.04. The van der Waals surface area contributed by atoms with Crippen LogP contribution in [0.15, 0.2) is 105 Å². The summed E-state index contributed by atoms with van der Waals surface area (Å²) < 4.78 is 184. The van der Waals surface area contributed by atoms with Gasteiger partial charge in [-0.3, -0.25) is 62.0 Å². The minimum atomic E-state index is -4.84. The number of nitrogen functional groups attached to an aromatic ring is 1. The Morgan fingerprint density at radius 2 is 0.686 bits per heavy atom. The molecule has 34 nitrogen and oxygen atoms in total. The van der Waals surface area contributed by atoms with E-state index in [9.17, 15) is 90.2 Å². The fourth-order valence-corrected chi connectivity index (χ4v) is 11.9. The van der Waals surface area contributed by atoms with E-state index >= 15 is 0 Å². The van der Waals surface area contributed by atoms with E-state index in [1.165, 1.54) is 60.7 Å². The van der Waals surface area contributed by atoms with Crippen LogP contribution in [0.1, 0.15) is 38.5 Å². The van der Waals surface area contributed by atoms with Gasteiger partial charge < -0.3 is 10.6 Å².